The number of esters is 1. The van der Waals surface area contributed by atoms with Crippen LogP contribution in [0.2, 0.25) is 0 Å². The van der Waals surface area contributed by atoms with Crippen LogP contribution in [0, 0.1) is 29.6 Å². The molecule has 2 fully saturated rings. The van der Waals surface area contributed by atoms with Crippen LogP contribution in [0.4, 0.5) is 4.79 Å². The van der Waals surface area contributed by atoms with Gasteiger partial charge in [-0.2, -0.15) is 0 Å². The van der Waals surface area contributed by atoms with Crippen LogP contribution >= 0.6 is 0 Å². The Bertz CT molecular complexity index is 1500. The first-order valence-electron chi connectivity index (χ1n) is 15.5. The van der Waals surface area contributed by atoms with Crippen molar-refractivity contribution in [2.75, 3.05) is 6.61 Å². The molecular formula is C34H42N2O7. The van der Waals surface area contributed by atoms with Crippen molar-refractivity contribution < 1.29 is 33.3 Å². The molecule has 230 valence electrons. The molecular weight excluding hydrogens is 548 g/mol. The first-order chi connectivity index (χ1) is 20.4. The number of carbonyl (C=O) groups is 3. The Morgan fingerprint density at radius 2 is 1.81 bits per heavy atom. The number of hydrogen-bond donors (Lipinski definition) is 1. The second kappa shape index (κ2) is 10.6. The Hall–Kier alpha value is -3.46. The third-order valence-electron chi connectivity index (χ3n) is 10.5. The number of carbonyl (C=O) groups excluding carboxylic acids is 3. The van der Waals surface area contributed by atoms with Crippen molar-refractivity contribution in [3.05, 3.63) is 53.4 Å². The molecule has 9 heteroatoms. The summed E-state index contributed by atoms with van der Waals surface area (Å²) in [5.74, 6) is -1.69. The molecule has 0 spiro atoms. The smallest absolute Gasteiger partial charge is 0.408 e. The van der Waals surface area contributed by atoms with Gasteiger partial charge in [-0.25, -0.2) is 4.79 Å². The van der Waals surface area contributed by atoms with E-state index in [-0.39, 0.29) is 23.5 Å². The van der Waals surface area contributed by atoms with E-state index >= 15 is 0 Å². The number of alkyl carbamates (subject to hydrolysis) is 1. The average molecular weight is 591 g/mol. The molecule has 0 saturated carbocycles. The highest BCUT2D eigenvalue weighted by molar-refractivity contribution is 5.85. The van der Waals surface area contributed by atoms with Gasteiger partial charge in [-0.05, 0) is 58.2 Å². The topological polar surface area (TPSA) is 113 Å². The maximum Gasteiger partial charge on any atom is 0.408 e. The number of nitrogens with zero attached hydrogens (tertiary/aromatic N) is 1. The van der Waals surface area contributed by atoms with Gasteiger partial charge in [-0.1, -0.05) is 39.0 Å². The highest BCUT2D eigenvalue weighted by Gasteiger charge is 2.59. The summed E-state index contributed by atoms with van der Waals surface area (Å²) in [6, 6.07) is 9.39. The molecule has 4 aliphatic rings. The molecule has 1 N–H and O–H groups in total. The lowest BCUT2D eigenvalue weighted by Gasteiger charge is -2.44. The molecule has 6 rings (SSSR count). The molecule has 2 saturated heterocycles. The normalized spacial score (nSPS) is 39.8. The van der Waals surface area contributed by atoms with E-state index in [0.717, 1.165) is 22.0 Å². The predicted octanol–water partition coefficient (Wildman–Crippen LogP) is 5.67. The van der Waals surface area contributed by atoms with E-state index in [4.69, 9.17) is 23.9 Å². The molecule has 1 aromatic carbocycles. The number of Topliss-reactive ketones (excluding diaryl/α,β-unsaturated/α-hetero) is 1. The van der Waals surface area contributed by atoms with E-state index in [1.54, 1.807) is 13.8 Å². The van der Waals surface area contributed by atoms with Crippen molar-refractivity contribution in [2.24, 2.45) is 29.6 Å². The van der Waals surface area contributed by atoms with Crippen LogP contribution in [0.3, 0.4) is 0 Å². The number of rotatable bonds is 2. The highest BCUT2D eigenvalue weighted by atomic mass is 16.6. The Morgan fingerprint density at radius 1 is 1.07 bits per heavy atom. The van der Waals surface area contributed by atoms with Gasteiger partial charge in [0, 0.05) is 40.8 Å². The van der Waals surface area contributed by atoms with Crippen molar-refractivity contribution in [2.45, 2.75) is 90.8 Å². The first kappa shape index (κ1) is 29.6. The summed E-state index contributed by atoms with van der Waals surface area (Å²) >= 11 is 0. The Labute approximate surface area is 252 Å². The molecule has 1 amide bonds. The van der Waals surface area contributed by atoms with Gasteiger partial charge in [0.2, 0.25) is 0 Å². The van der Waals surface area contributed by atoms with Crippen LogP contribution in [0.5, 0.6) is 0 Å². The molecule has 43 heavy (non-hydrogen) atoms. The van der Waals surface area contributed by atoms with Crippen molar-refractivity contribution in [1.29, 1.82) is 0 Å². The van der Waals surface area contributed by atoms with Gasteiger partial charge in [0.15, 0.2) is 5.60 Å². The molecule has 9 nitrogen and oxygen atoms in total. The van der Waals surface area contributed by atoms with Crippen molar-refractivity contribution in [3.63, 3.8) is 0 Å². The summed E-state index contributed by atoms with van der Waals surface area (Å²) < 4.78 is 25.3. The first-order valence-corrected chi connectivity index (χ1v) is 15.5. The zero-order valence-electron chi connectivity index (χ0n) is 26.0. The summed E-state index contributed by atoms with van der Waals surface area (Å²) in [6.45, 7) is 13.7. The Balaban J connectivity index is 1.46. The minimum Gasteiger partial charge on any atom is -0.489 e. The van der Waals surface area contributed by atoms with Crippen LogP contribution in [-0.4, -0.2) is 52.8 Å². The van der Waals surface area contributed by atoms with E-state index in [2.05, 4.69) is 18.3 Å². The molecule has 0 aliphatic carbocycles. The van der Waals surface area contributed by atoms with E-state index < -0.39 is 53.4 Å². The SMILES string of the molecule is CC[C@H]1OC(=O)[C@H](C)C2=C(C)[C@H]3[C@@H](CO[C@]3(C)C[C@H](C)C(=O)[C@@H](C)[C@H]3NC(=O)O[C@@]31C)[C@@H](c1cnc3ccccc3c1)O2. The largest absolute Gasteiger partial charge is 0.489 e. The number of aromatic nitrogens is 1. The van der Waals surface area contributed by atoms with Gasteiger partial charge in [-0.15, -0.1) is 0 Å². The standard InChI is InChI=1S/C34H42N2O7/c1-8-25-34(7)30(36-32(39)43-34)19(4)27(37)17(2)14-33(6)26-18(3)28(20(5)31(38)41-25)42-29(23(26)16-40-33)22-13-21-11-9-10-12-24(21)35-15-22/h9-13,15,17,19-20,23,25-26,29-30H,8,14,16H2,1-7H3,(H,36,39)/t17-,19+,20+,23+,25+,26-,29+,30+,33+,34+/m0/s1. The van der Waals surface area contributed by atoms with Gasteiger partial charge in [0.1, 0.15) is 29.7 Å². The van der Waals surface area contributed by atoms with E-state index in [1.165, 1.54) is 0 Å². The minimum atomic E-state index is -1.22. The lowest BCUT2D eigenvalue weighted by molar-refractivity contribution is -0.169. The lowest BCUT2D eigenvalue weighted by Crippen LogP contribution is -2.57. The fourth-order valence-electron chi connectivity index (χ4n) is 8.35. The van der Waals surface area contributed by atoms with Crippen molar-refractivity contribution in [1.82, 2.24) is 10.3 Å². The van der Waals surface area contributed by atoms with Gasteiger partial charge >= 0.3 is 12.1 Å². The molecule has 0 unspecified atom stereocenters. The zero-order valence-corrected chi connectivity index (χ0v) is 26.0. The fourth-order valence-corrected chi connectivity index (χ4v) is 8.35. The third-order valence-corrected chi connectivity index (χ3v) is 10.5. The number of nitrogens with one attached hydrogen (secondary N) is 1. The van der Waals surface area contributed by atoms with Gasteiger partial charge in [-0.3, -0.25) is 14.6 Å². The lowest BCUT2D eigenvalue weighted by atomic mass is 9.68. The maximum absolute atomic E-state index is 14.0. The number of benzene rings is 1. The average Bonchev–Trinajstić information content (AvgIpc) is 3.50. The van der Waals surface area contributed by atoms with Crippen molar-refractivity contribution >= 4 is 28.7 Å². The molecule has 4 aliphatic heterocycles. The van der Waals surface area contributed by atoms with Crippen LogP contribution in [0.25, 0.3) is 10.9 Å². The van der Waals surface area contributed by atoms with Gasteiger partial charge < -0.3 is 24.3 Å². The highest BCUT2D eigenvalue weighted by Crippen LogP contribution is 2.55. The molecule has 10 atom stereocenters. The summed E-state index contributed by atoms with van der Waals surface area (Å²) in [7, 11) is 0. The molecule has 2 bridgehead atoms. The third kappa shape index (κ3) is 4.71. The number of fused-ring (bicyclic) bond motifs is 2. The van der Waals surface area contributed by atoms with Crippen LogP contribution < -0.4 is 5.32 Å². The molecule has 2 aromatic rings. The van der Waals surface area contributed by atoms with E-state index in [1.807, 2.05) is 58.2 Å². The number of ketones is 1. The van der Waals surface area contributed by atoms with Crippen molar-refractivity contribution in [3.8, 4) is 0 Å². The summed E-state index contributed by atoms with van der Waals surface area (Å²) in [6.07, 6.45) is 0.946. The molecule has 0 radical (unpaired) electrons. The maximum atomic E-state index is 14.0. The summed E-state index contributed by atoms with van der Waals surface area (Å²) in [5, 5.41) is 3.85. The number of para-hydroxylation sites is 1. The number of hydrogen-bond acceptors (Lipinski definition) is 8. The van der Waals surface area contributed by atoms with E-state index in [0.29, 0.717) is 25.2 Å². The van der Waals surface area contributed by atoms with Gasteiger partial charge in [0.25, 0.3) is 0 Å². The molecule has 5 heterocycles. The summed E-state index contributed by atoms with van der Waals surface area (Å²) in [4.78, 5) is 45.1. The van der Waals surface area contributed by atoms with Crippen LogP contribution in [-0.2, 0) is 28.5 Å². The number of ether oxygens (including phenoxy) is 4. The quantitative estimate of drug-likeness (QED) is 0.445. The zero-order chi connectivity index (χ0) is 30.8. The Morgan fingerprint density at radius 3 is 2.56 bits per heavy atom. The number of cyclic esters (lactones) is 1. The predicted molar refractivity (Wildman–Crippen MR) is 159 cm³/mol. The second-order valence-electron chi connectivity index (χ2n) is 13.4. The minimum absolute atomic E-state index is 0.00565. The van der Waals surface area contributed by atoms with Crippen LogP contribution in [0.1, 0.15) is 73.0 Å². The van der Waals surface area contributed by atoms with Gasteiger partial charge in [0.05, 0.1) is 23.8 Å². The van der Waals surface area contributed by atoms with Crippen LogP contribution in [0.15, 0.2) is 47.9 Å². The Kier molecular flexibility index (Phi) is 7.31. The number of amides is 1. The fraction of sp³-hybridized carbons (Fsp3) is 0.588. The van der Waals surface area contributed by atoms with E-state index in [9.17, 15) is 14.4 Å². The molecule has 1 aromatic heterocycles. The number of pyridine rings is 1. The second-order valence-corrected chi connectivity index (χ2v) is 13.4. The monoisotopic (exact) mass is 590 g/mol. The summed E-state index contributed by atoms with van der Waals surface area (Å²) in [5.41, 5.74) is 0.842.